The Kier molecular flexibility index (Phi) is 12.9. The van der Waals surface area contributed by atoms with Crippen molar-refractivity contribution in [2.75, 3.05) is 45.7 Å². The van der Waals surface area contributed by atoms with Crippen molar-refractivity contribution in [3.05, 3.63) is 119 Å². The Balaban J connectivity index is 0.000000302. The van der Waals surface area contributed by atoms with Crippen molar-refractivity contribution in [2.45, 2.75) is 32.2 Å². The monoisotopic (exact) mass is 715 g/mol. The Hall–Kier alpha value is -4.88. The molecule has 0 aliphatic carbocycles. The van der Waals surface area contributed by atoms with Crippen molar-refractivity contribution in [3.8, 4) is 16.9 Å². The molecule has 0 aromatic heterocycles. The maximum atomic E-state index is 13.3. The molecule has 1 aliphatic heterocycles. The molecule has 1 heterocycles. The van der Waals surface area contributed by atoms with Gasteiger partial charge in [-0.3, -0.25) is 9.59 Å². The van der Waals surface area contributed by atoms with E-state index in [0.717, 1.165) is 6.54 Å². The highest BCUT2D eigenvalue weighted by Gasteiger charge is 2.37. The predicted molar refractivity (Wildman–Crippen MR) is 182 cm³/mol. The lowest BCUT2D eigenvalue weighted by Crippen LogP contribution is -2.40. The molecule has 13 heteroatoms. The molecule has 0 fully saturated rings. The van der Waals surface area contributed by atoms with Crippen LogP contribution >= 0.6 is 0 Å². The van der Waals surface area contributed by atoms with Crippen molar-refractivity contribution >= 4 is 17.5 Å². The number of para-hydroxylation sites is 1. The molecule has 1 aliphatic rings. The fourth-order valence-electron chi connectivity index (χ4n) is 5.54. The maximum Gasteiger partial charge on any atom is 0.416 e. The second kappa shape index (κ2) is 16.9. The molecular weight excluding hydrogens is 676 g/mol. The number of benzene rings is 4. The summed E-state index contributed by atoms with van der Waals surface area (Å²) in [6, 6.07) is 24.4. The van der Waals surface area contributed by atoms with Gasteiger partial charge in [-0.25, -0.2) is 0 Å². The Morgan fingerprint density at radius 1 is 0.902 bits per heavy atom. The second-order valence-corrected chi connectivity index (χ2v) is 12.5. The first-order chi connectivity index (χ1) is 24.1. The quantitative estimate of drug-likeness (QED) is 0.182. The van der Waals surface area contributed by atoms with Crippen molar-refractivity contribution < 1.29 is 45.8 Å². The van der Waals surface area contributed by atoms with E-state index >= 15 is 0 Å². The molecule has 2 amide bonds. The van der Waals surface area contributed by atoms with Crippen LogP contribution in [0.4, 0.5) is 32.0 Å². The molecular formula is C38H39F6N3O4. The van der Waals surface area contributed by atoms with Crippen LogP contribution in [0.1, 0.15) is 39.5 Å². The van der Waals surface area contributed by atoms with Gasteiger partial charge in [0.1, 0.15) is 0 Å². The predicted octanol–water partition coefficient (Wildman–Crippen LogP) is 7.78. The molecule has 51 heavy (non-hydrogen) atoms. The van der Waals surface area contributed by atoms with E-state index in [4.69, 9.17) is 4.74 Å². The van der Waals surface area contributed by atoms with Crippen LogP contribution in [0, 0.1) is 5.92 Å². The molecule has 2 N–H and O–H groups in total. The average Bonchev–Trinajstić information content (AvgIpc) is 3.06. The van der Waals surface area contributed by atoms with Gasteiger partial charge in [-0.15, -0.1) is 0 Å². The van der Waals surface area contributed by atoms with Crippen LogP contribution < -0.4 is 10.1 Å². The third-order valence-electron chi connectivity index (χ3n) is 7.87. The summed E-state index contributed by atoms with van der Waals surface area (Å²) < 4.78 is 84.9. The summed E-state index contributed by atoms with van der Waals surface area (Å²) in [5.74, 6) is -1.65. The number of carbonyl (C=O) groups excluding carboxylic acids is 2. The maximum absolute atomic E-state index is 13.3. The molecule has 0 saturated carbocycles. The fourth-order valence-corrected chi connectivity index (χ4v) is 5.54. The third-order valence-corrected chi connectivity index (χ3v) is 7.87. The number of alkyl halides is 6. The van der Waals surface area contributed by atoms with Crippen molar-refractivity contribution in [3.63, 3.8) is 0 Å². The zero-order chi connectivity index (χ0) is 37.3. The first-order valence-corrected chi connectivity index (χ1v) is 16.1. The summed E-state index contributed by atoms with van der Waals surface area (Å²) in [5.41, 5.74) is 0.446. The number of aliphatic hydroxyl groups is 1. The third kappa shape index (κ3) is 10.8. The van der Waals surface area contributed by atoms with E-state index in [9.17, 15) is 41.0 Å². The van der Waals surface area contributed by atoms with Crippen LogP contribution in [-0.2, 0) is 30.1 Å². The number of fused-ring (bicyclic) bond motifs is 1. The number of hydrogen-bond acceptors (Lipinski definition) is 5. The number of carbonyl (C=O) groups is 2. The molecule has 4 aromatic rings. The normalized spacial score (nSPS) is 14.8. The van der Waals surface area contributed by atoms with E-state index in [-0.39, 0.29) is 42.7 Å². The number of halogens is 6. The highest BCUT2D eigenvalue weighted by molar-refractivity contribution is 6.01. The number of anilines is 1. The van der Waals surface area contributed by atoms with E-state index in [1.54, 1.807) is 6.92 Å². The van der Waals surface area contributed by atoms with Crippen molar-refractivity contribution in [1.82, 2.24) is 9.80 Å². The minimum Gasteiger partial charge on any atom is -0.490 e. The molecule has 1 atom stereocenters. The molecule has 0 radical (unpaired) electrons. The Morgan fingerprint density at radius 2 is 1.57 bits per heavy atom. The van der Waals surface area contributed by atoms with E-state index in [2.05, 4.69) is 72.8 Å². The van der Waals surface area contributed by atoms with Gasteiger partial charge in [-0.2, -0.15) is 26.3 Å². The Bertz CT molecular complexity index is 1780. The van der Waals surface area contributed by atoms with Crippen LogP contribution in [0.15, 0.2) is 91.0 Å². The van der Waals surface area contributed by atoms with Crippen LogP contribution in [-0.4, -0.2) is 67.1 Å². The zero-order valence-corrected chi connectivity index (χ0v) is 28.3. The van der Waals surface area contributed by atoms with Crippen LogP contribution in [0.3, 0.4) is 0 Å². The molecule has 0 saturated heterocycles. The van der Waals surface area contributed by atoms with E-state index in [1.165, 1.54) is 39.8 Å². The fraction of sp³-hybridized carbons (Fsp3) is 0.316. The molecule has 4 aromatic carbocycles. The van der Waals surface area contributed by atoms with Gasteiger partial charge in [0, 0.05) is 25.6 Å². The van der Waals surface area contributed by atoms with Crippen LogP contribution in [0.5, 0.6) is 5.75 Å². The first-order valence-electron chi connectivity index (χ1n) is 16.1. The average molecular weight is 716 g/mol. The number of aliphatic hydroxyl groups excluding tert-OH is 1. The minimum atomic E-state index is -4.97. The minimum absolute atomic E-state index is 0.0135. The van der Waals surface area contributed by atoms with Crippen molar-refractivity contribution in [2.24, 2.45) is 5.92 Å². The number of nitrogens with one attached hydrogen (secondary N) is 1. The largest absolute Gasteiger partial charge is 0.490 e. The van der Waals surface area contributed by atoms with Gasteiger partial charge in [0.15, 0.2) is 5.75 Å². The number of nitrogens with zero attached hydrogens (tertiary/aromatic N) is 2. The standard InChI is InChI=1S/C23H22F6N2O4.C15H17N/c1-13-11-31(7-8-32)21(34)16-3-2-4-18(20(16)35-12-13)30-19(33)10-14-9-15(22(24,25)26)5-6-17(14)23(27,28)29;1-16(2)12-13-8-10-15(11-9-13)14-6-4-3-5-7-14/h2-6,9,13,32H,7-8,10-12H2,1H3,(H,30,33);3-11H,12H2,1-2H3/t13-;/m1./s1. The van der Waals surface area contributed by atoms with Crippen molar-refractivity contribution in [1.29, 1.82) is 0 Å². The zero-order valence-electron chi connectivity index (χ0n) is 28.3. The van der Waals surface area contributed by atoms with E-state index in [0.29, 0.717) is 24.7 Å². The summed E-state index contributed by atoms with van der Waals surface area (Å²) in [6.45, 7) is 3.04. The molecule has 5 rings (SSSR count). The smallest absolute Gasteiger partial charge is 0.416 e. The SMILES string of the molecule is CN(C)Cc1ccc(-c2ccccc2)cc1.C[C@H]1COc2c(NC(=O)Cc3cc(C(F)(F)F)ccc3C(F)(F)F)cccc2C(=O)N(CCO)C1. The lowest BCUT2D eigenvalue weighted by molar-refractivity contribution is -0.142. The van der Waals surface area contributed by atoms with Gasteiger partial charge in [-0.05, 0) is 66.7 Å². The Labute approximate surface area is 292 Å². The number of hydrogen-bond donors (Lipinski definition) is 2. The van der Waals surface area contributed by atoms with E-state index < -0.39 is 47.3 Å². The summed E-state index contributed by atoms with van der Waals surface area (Å²) in [5, 5.41) is 11.6. The number of β-amino-alcohol motifs (C(OH)–C–C–N with tert-alkyl or cyclic N) is 1. The first kappa shape index (κ1) is 38.9. The number of amides is 2. The van der Waals surface area contributed by atoms with Gasteiger partial charge >= 0.3 is 12.4 Å². The number of rotatable bonds is 8. The van der Waals surface area contributed by atoms with Gasteiger partial charge in [-0.1, -0.05) is 67.6 Å². The van der Waals surface area contributed by atoms with Gasteiger partial charge in [0.05, 0.1) is 42.0 Å². The van der Waals surface area contributed by atoms with Crippen LogP contribution in [0.2, 0.25) is 0 Å². The molecule has 272 valence electrons. The summed E-state index contributed by atoms with van der Waals surface area (Å²) in [7, 11) is 4.18. The summed E-state index contributed by atoms with van der Waals surface area (Å²) in [4.78, 5) is 29.2. The summed E-state index contributed by atoms with van der Waals surface area (Å²) >= 11 is 0. The second-order valence-electron chi connectivity index (χ2n) is 12.5. The Morgan fingerprint density at radius 3 is 2.18 bits per heavy atom. The molecule has 0 unspecified atom stereocenters. The van der Waals surface area contributed by atoms with Gasteiger partial charge < -0.3 is 25.0 Å². The molecule has 0 bridgehead atoms. The lowest BCUT2D eigenvalue weighted by atomic mass is 10.00. The molecule has 7 nitrogen and oxygen atoms in total. The highest BCUT2D eigenvalue weighted by atomic mass is 19.4. The highest BCUT2D eigenvalue weighted by Crippen LogP contribution is 2.37. The van der Waals surface area contributed by atoms with Crippen LogP contribution in [0.25, 0.3) is 11.1 Å². The lowest BCUT2D eigenvalue weighted by Gasteiger charge is -2.30. The van der Waals surface area contributed by atoms with E-state index in [1.807, 2.05) is 6.07 Å². The van der Waals surface area contributed by atoms with Gasteiger partial charge in [0.2, 0.25) is 5.91 Å². The molecule has 0 spiro atoms. The summed E-state index contributed by atoms with van der Waals surface area (Å²) in [6.07, 6.45) is -10.9. The topological polar surface area (TPSA) is 82.1 Å². The van der Waals surface area contributed by atoms with Gasteiger partial charge in [0.25, 0.3) is 5.91 Å². The number of ether oxygens (including phenoxy) is 1.